The molecule has 1 atom stereocenters. The lowest BCUT2D eigenvalue weighted by atomic mass is 10.1. The first-order valence-electron chi connectivity index (χ1n) is 4.50. The topological polar surface area (TPSA) is 38.7 Å². The number of hydrogen-bond donors (Lipinski definition) is 1. The first-order valence-corrected chi connectivity index (χ1v) is 5.63. The van der Waals surface area contributed by atoms with Crippen LogP contribution >= 0.6 is 8.60 Å². The van der Waals surface area contributed by atoms with Crippen molar-refractivity contribution in [3.63, 3.8) is 0 Å². The van der Waals surface area contributed by atoms with E-state index in [0.717, 1.165) is 10.8 Å². The van der Waals surface area contributed by atoms with E-state index in [1.165, 1.54) is 7.11 Å². The van der Waals surface area contributed by atoms with Crippen molar-refractivity contribution in [3.05, 3.63) is 42.5 Å². The second-order valence-electron chi connectivity index (χ2n) is 2.99. The molecule has 1 unspecified atom stereocenters. The zero-order chi connectivity index (χ0) is 10.7. The molecule has 15 heavy (non-hydrogen) atoms. The Morgan fingerprint density at radius 3 is 2.60 bits per heavy atom. The molecule has 2 aromatic rings. The summed E-state index contributed by atoms with van der Waals surface area (Å²) in [5.74, 6) is 0.642. The number of hydrogen-bond acceptors (Lipinski definition) is 3. The van der Waals surface area contributed by atoms with Gasteiger partial charge >= 0.3 is 8.60 Å². The highest BCUT2D eigenvalue weighted by Crippen LogP contribution is 2.37. The van der Waals surface area contributed by atoms with Gasteiger partial charge < -0.3 is 13.9 Å². The van der Waals surface area contributed by atoms with Crippen LogP contribution in [0.5, 0.6) is 5.75 Å². The van der Waals surface area contributed by atoms with Gasteiger partial charge in [-0.25, -0.2) is 0 Å². The van der Waals surface area contributed by atoms with E-state index in [1.54, 1.807) is 0 Å². The van der Waals surface area contributed by atoms with Gasteiger partial charge in [0.1, 0.15) is 5.75 Å². The van der Waals surface area contributed by atoms with Crippen molar-refractivity contribution >= 4 is 19.4 Å². The van der Waals surface area contributed by atoms with Gasteiger partial charge in [0.2, 0.25) is 0 Å². The number of benzene rings is 2. The molecular weight excluding hydrogens is 211 g/mol. The minimum atomic E-state index is -1.83. The van der Waals surface area contributed by atoms with Crippen molar-refractivity contribution < 1.29 is 13.9 Å². The van der Waals surface area contributed by atoms with Crippen molar-refractivity contribution in [3.8, 4) is 5.75 Å². The third-order valence-corrected chi connectivity index (χ3v) is 2.75. The molecule has 0 saturated heterocycles. The zero-order valence-electron chi connectivity index (χ0n) is 8.25. The van der Waals surface area contributed by atoms with Crippen LogP contribution in [0.25, 0.3) is 10.8 Å². The molecule has 0 bridgehead atoms. The van der Waals surface area contributed by atoms with Crippen LogP contribution in [0.2, 0.25) is 0 Å². The van der Waals surface area contributed by atoms with Gasteiger partial charge in [-0.2, -0.15) is 0 Å². The van der Waals surface area contributed by atoms with E-state index in [0.29, 0.717) is 5.75 Å². The lowest BCUT2D eigenvalue weighted by Gasteiger charge is -2.10. The van der Waals surface area contributed by atoms with Gasteiger partial charge in [-0.15, -0.1) is 0 Å². The van der Waals surface area contributed by atoms with Crippen molar-refractivity contribution in [2.75, 3.05) is 7.11 Å². The van der Waals surface area contributed by atoms with Crippen LogP contribution in [0.15, 0.2) is 42.5 Å². The van der Waals surface area contributed by atoms with E-state index in [4.69, 9.17) is 9.05 Å². The fourth-order valence-corrected chi connectivity index (χ4v) is 1.80. The molecule has 1 N–H and O–H groups in total. The van der Waals surface area contributed by atoms with Gasteiger partial charge in [0.25, 0.3) is 0 Å². The van der Waals surface area contributed by atoms with Gasteiger partial charge in [0.15, 0.2) is 0 Å². The minimum Gasteiger partial charge on any atom is -0.426 e. The summed E-state index contributed by atoms with van der Waals surface area (Å²) in [6.07, 6.45) is 0. The molecule has 0 aliphatic carbocycles. The smallest absolute Gasteiger partial charge is 0.394 e. The SMILES string of the molecule is COP(O)Oc1cccc2ccccc12. The van der Waals surface area contributed by atoms with Gasteiger partial charge in [0, 0.05) is 12.5 Å². The molecule has 0 heterocycles. The monoisotopic (exact) mass is 222 g/mol. The van der Waals surface area contributed by atoms with Crippen molar-refractivity contribution in [1.29, 1.82) is 0 Å². The fourth-order valence-electron chi connectivity index (χ4n) is 1.40. The lowest BCUT2D eigenvalue weighted by Crippen LogP contribution is -1.89. The fraction of sp³-hybridized carbons (Fsp3) is 0.0909. The molecule has 78 valence electrons. The summed E-state index contributed by atoms with van der Waals surface area (Å²) in [7, 11) is -0.414. The summed E-state index contributed by atoms with van der Waals surface area (Å²) in [6.45, 7) is 0. The summed E-state index contributed by atoms with van der Waals surface area (Å²) in [5.41, 5.74) is 0. The molecular formula is C11H11O3P. The van der Waals surface area contributed by atoms with E-state index in [2.05, 4.69) is 0 Å². The maximum atomic E-state index is 9.29. The van der Waals surface area contributed by atoms with Gasteiger partial charge in [-0.1, -0.05) is 36.4 Å². The largest absolute Gasteiger partial charge is 0.426 e. The highest BCUT2D eigenvalue weighted by atomic mass is 31.2. The summed E-state index contributed by atoms with van der Waals surface area (Å²) in [5, 5.41) is 2.05. The van der Waals surface area contributed by atoms with E-state index < -0.39 is 8.60 Å². The van der Waals surface area contributed by atoms with Gasteiger partial charge in [-0.05, 0) is 11.5 Å². The first kappa shape index (κ1) is 10.4. The molecule has 4 heteroatoms. The Bertz CT molecular complexity index is 453. The Kier molecular flexibility index (Phi) is 3.17. The molecule has 3 nitrogen and oxygen atoms in total. The van der Waals surface area contributed by atoms with Crippen LogP contribution in [0.1, 0.15) is 0 Å². The predicted octanol–water partition coefficient (Wildman–Crippen LogP) is 3.08. The molecule has 0 aliphatic rings. The second-order valence-corrected chi connectivity index (χ2v) is 4.01. The van der Waals surface area contributed by atoms with Crippen molar-refractivity contribution in [2.45, 2.75) is 0 Å². The highest BCUT2D eigenvalue weighted by Gasteiger charge is 2.08. The molecule has 0 amide bonds. The zero-order valence-corrected chi connectivity index (χ0v) is 9.15. The Labute approximate surface area is 89.3 Å². The maximum Gasteiger partial charge on any atom is 0.394 e. The Morgan fingerprint density at radius 1 is 1.07 bits per heavy atom. The van der Waals surface area contributed by atoms with Crippen molar-refractivity contribution in [2.24, 2.45) is 0 Å². The molecule has 0 fully saturated rings. The highest BCUT2D eigenvalue weighted by molar-refractivity contribution is 7.41. The van der Waals surface area contributed by atoms with Crippen LogP contribution in [0.3, 0.4) is 0 Å². The van der Waals surface area contributed by atoms with Gasteiger partial charge in [0.05, 0.1) is 0 Å². The van der Waals surface area contributed by atoms with Gasteiger partial charge in [-0.3, -0.25) is 0 Å². The lowest BCUT2D eigenvalue weighted by molar-refractivity contribution is 0.318. The number of fused-ring (bicyclic) bond motifs is 1. The summed E-state index contributed by atoms with van der Waals surface area (Å²) < 4.78 is 9.98. The molecule has 0 spiro atoms. The maximum absolute atomic E-state index is 9.29. The van der Waals surface area contributed by atoms with Crippen LogP contribution in [-0.2, 0) is 4.52 Å². The first-order chi connectivity index (χ1) is 7.31. The normalized spacial score (nSPS) is 12.7. The molecule has 2 rings (SSSR count). The van der Waals surface area contributed by atoms with Crippen LogP contribution in [0.4, 0.5) is 0 Å². The third kappa shape index (κ3) is 2.26. The van der Waals surface area contributed by atoms with E-state index in [-0.39, 0.29) is 0 Å². The molecule has 0 aromatic heterocycles. The average Bonchev–Trinajstić information content (AvgIpc) is 2.29. The van der Waals surface area contributed by atoms with E-state index >= 15 is 0 Å². The summed E-state index contributed by atoms with van der Waals surface area (Å²) >= 11 is 0. The van der Waals surface area contributed by atoms with Crippen LogP contribution < -0.4 is 4.52 Å². The van der Waals surface area contributed by atoms with Crippen molar-refractivity contribution in [1.82, 2.24) is 0 Å². The standard InChI is InChI=1S/C11H11O3P/c1-13-15(12)14-11-8-4-6-9-5-2-3-7-10(9)11/h2-8,12H,1H3. The molecule has 0 radical (unpaired) electrons. The second kappa shape index (κ2) is 4.58. The van der Waals surface area contributed by atoms with Crippen LogP contribution in [0, 0.1) is 0 Å². The average molecular weight is 222 g/mol. The van der Waals surface area contributed by atoms with E-state index in [9.17, 15) is 4.89 Å². The Hall–Kier alpha value is -1.15. The van der Waals surface area contributed by atoms with E-state index in [1.807, 2.05) is 42.5 Å². The Balaban J connectivity index is 2.42. The Morgan fingerprint density at radius 2 is 1.80 bits per heavy atom. The minimum absolute atomic E-state index is 0.642. The number of rotatable bonds is 3. The quantitative estimate of drug-likeness (QED) is 0.811. The molecule has 0 saturated carbocycles. The predicted molar refractivity (Wildman–Crippen MR) is 60.7 cm³/mol. The summed E-state index contributed by atoms with van der Waals surface area (Å²) in [6, 6.07) is 13.5. The third-order valence-electron chi connectivity index (χ3n) is 2.08. The molecule has 2 aromatic carbocycles. The van der Waals surface area contributed by atoms with Crippen LogP contribution in [-0.4, -0.2) is 12.0 Å². The summed E-state index contributed by atoms with van der Waals surface area (Å²) in [4.78, 5) is 9.29. The molecule has 0 aliphatic heterocycles.